The molecule has 0 radical (unpaired) electrons. The maximum Gasteiger partial charge on any atom is 0.573 e. The number of benzene rings is 1. The van der Waals surface area contributed by atoms with E-state index in [0.29, 0.717) is 12.1 Å². The van der Waals surface area contributed by atoms with Crippen molar-refractivity contribution in [2.45, 2.75) is 24.3 Å². The molecule has 1 heterocycles. The van der Waals surface area contributed by atoms with E-state index in [1.165, 1.54) is 0 Å². The van der Waals surface area contributed by atoms with Crippen LogP contribution in [0.2, 0.25) is 0 Å². The van der Waals surface area contributed by atoms with Gasteiger partial charge in [0.2, 0.25) is 0 Å². The molecule has 15 heteroatoms. The average molecular weight is 451 g/mol. The van der Waals surface area contributed by atoms with Gasteiger partial charge in [-0.25, -0.2) is 4.79 Å². The number of carbonyl (C=O) groups is 2. The summed E-state index contributed by atoms with van der Waals surface area (Å²) in [5.41, 5.74) is -6.43. The number of methoxy groups -OCH3 is 1. The molecule has 1 saturated heterocycles. The first-order valence-corrected chi connectivity index (χ1v) is 8.86. The Bertz CT molecular complexity index is 912. The van der Waals surface area contributed by atoms with Gasteiger partial charge in [-0.1, -0.05) is 0 Å². The minimum absolute atomic E-state index is 0.0643. The van der Waals surface area contributed by atoms with Crippen molar-refractivity contribution in [3.05, 3.63) is 23.8 Å². The van der Waals surface area contributed by atoms with Gasteiger partial charge in [-0.15, -0.1) is 13.2 Å². The van der Waals surface area contributed by atoms with Crippen LogP contribution in [0.3, 0.4) is 0 Å². The summed E-state index contributed by atoms with van der Waals surface area (Å²) >= 11 is 0. The molecule has 1 aromatic rings. The summed E-state index contributed by atoms with van der Waals surface area (Å²) in [6.45, 7) is 0.0643. The zero-order valence-electron chi connectivity index (χ0n) is 14.2. The molecule has 29 heavy (non-hydrogen) atoms. The lowest BCUT2D eigenvalue weighted by atomic mass is 10.0. The first-order chi connectivity index (χ1) is 13.2. The van der Waals surface area contributed by atoms with E-state index in [2.05, 4.69) is 13.7 Å². The van der Waals surface area contributed by atoms with Gasteiger partial charge in [0.15, 0.2) is 11.5 Å². The lowest BCUT2D eigenvalue weighted by Crippen LogP contribution is -2.55. The Hall–Kier alpha value is -2.71. The SMILES string of the molecule is COC(=O)[C@H]1CCN1C(=O)c1ccc(OS(=O)(=O)C(F)(F)F)c(OC(F)(F)F)c1. The molecule has 0 saturated carbocycles. The zero-order valence-corrected chi connectivity index (χ0v) is 15.0. The van der Waals surface area contributed by atoms with Crippen LogP contribution in [-0.4, -0.2) is 56.8 Å². The fourth-order valence-corrected chi connectivity index (χ4v) is 2.73. The number of nitrogens with zero attached hydrogens (tertiary/aromatic N) is 1. The van der Waals surface area contributed by atoms with Gasteiger partial charge in [-0.05, 0) is 24.6 Å². The standard InChI is InChI=1S/C14H11F6NO7S/c1-26-12(23)8-4-5-21(8)11(22)7-2-3-9(10(6-7)27-13(15,16)17)28-29(24,25)14(18,19)20/h2-3,6,8H,4-5H2,1H3/t8-/m1/s1. The Labute approximate surface area is 159 Å². The number of carbonyl (C=O) groups excluding carboxylic acids is 2. The molecule has 1 amide bonds. The number of esters is 1. The highest BCUT2D eigenvalue weighted by molar-refractivity contribution is 7.88. The van der Waals surface area contributed by atoms with Gasteiger partial charge in [-0.3, -0.25) is 4.79 Å². The largest absolute Gasteiger partial charge is 0.573 e. The highest BCUT2D eigenvalue weighted by Gasteiger charge is 2.49. The van der Waals surface area contributed by atoms with Crippen molar-refractivity contribution >= 4 is 22.0 Å². The lowest BCUT2D eigenvalue weighted by molar-refractivity contribution is -0.275. The molecular weight excluding hydrogens is 440 g/mol. The quantitative estimate of drug-likeness (QED) is 0.293. The second-order valence-electron chi connectivity index (χ2n) is 5.52. The average Bonchev–Trinajstić information content (AvgIpc) is 2.52. The molecule has 162 valence electrons. The summed E-state index contributed by atoms with van der Waals surface area (Å²) in [6.07, 6.45) is -5.21. The Morgan fingerprint density at radius 1 is 1.10 bits per heavy atom. The molecule has 0 spiro atoms. The Morgan fingerprint density at radius 2 is 1.72 bits per heavy atom. The summed E-state index contributed by atoms with van der Waals surface area (Å²) in [5.74, 6) is -4.66. The number of amides is 1. The van der Waals surface area contributed by atoms with Crippen LogP contribution >= 0.6 is 0 Å². The van der Waals surface area contributed by atoms with Crippen LogP contribution in [0.5, 0.6) is 11.5 Å². The summed E-state index contributed by atoms with van der Waals surface area (Å²) in [7, 11) is -5.24. The molecular formula is C14H11F6NO7S. The molecule has 8 nitrogen and oxygen atoms in total. The predicted octanol–water partition coefficient (Wildman–Crippen LogP) is 2.20. The first kappa shape index (κ1) is 22.6. The maximum absolute atomic E-state index is 12.6. The summed E-state index contributed by atoms with van der Waals surface area (Å²) < 4.78 is 109. The van der Waals surface area contributed by atoms with E-state index in [4.69, 9.17) is 0 Å². The van der Waals surface area contributed by atoms with Gasteiger partial charge in [0.25, 0.3) is 5.91 Å². The predicted molar refractivity (Wildman–Crippen MR) is 80.2 cm³/mol. The summed E-state index contributed by atoms with van der Waals surface area (Å²) in [6, 6.07) is 0.481. The van der Waals surface area contributed by atoms with Crippen LogP contribution in [0.15, 0.2) is 18.2 Å². The summed E-state index contributed by atoms with van der Waals surface area (Å²) in [5, 5.41) is 0. The highest BCUT2D eigenvalue weighted by atomic mass is 32.2. The second kappa shape index (κ2) is 7.61. The van der Waals surface area contributed by atoms with Crippen LogP contribution in [0.4, 0.5) is 26.3 Å². The van der Waals surface area contributed by atoms with Gasteiger partial charge in [0, 0.05) is 12.1 Å². The topological polar surface area (TPSA) is 99.2 Å². The molecule has 0 unspecified atom stereocenters. The van der Waals surface area contributed by atoms with Crippen molar-refractivity contribution in [3.8, 4) is 11.5 Å². The number of hydrogen-bond donors (Lipinski definition) is 0. The molecule has 1 atom stereocenters. The van der Waals surface area contributed by atoms with E-state index in [1.807, 2.05) is 0 Å². The van der Waals surface area contributed by atoms with Crippen molar-refractivity contribution in [2.75, 3.05) is 13.7 Å². The normalized spacial score (nSPS) is 17.3. The Kier molecular flexibility index (Phi) is 5.92. The number of rotatable bonds is 5. The minimum Gasteiger partial charge on any atom is -0.467 e. The third kappa shape index (κ3) is 5.02. The third-order valence-electron chi connectivity index (χ3n) is 3.65. The number of alkyl halides is 6. The molecule has 2 rings (SSSR count). The van der Waals surface area contributed by atoms with E-state index in [9.17, 15) is 44.3 Å². The summed E-state index contributed by atoms with van der Waals surface area (Å²) in [4.78, 5) is 24.8. The Balaban J connectivity index is 2.39. The zero-order chi connectivity index (χ0) is 22.2. The number of likely N-dealkylation sites (tertiary alicyclic amines) is 1. The Morgan fingerprint density at radius 3 is 2.17 bits per heavy atom. The molecule has 0 N–H and O–H groups in total. The van der Waals surface area contributed by atoms with Crippen LogP contribution < -0.4 is 8.92 Å². The fourth-order valence-electron chi connectivity index (χ4n) is 2.26. The molecule has 1 aromatic carbocycles. The number of ether oxygens (including phenoxy) is 2. The van der Waals surface area contributed by atoms with E-state index < -0.39 is 57.0 Å². The molecule has 1 aliphatic rings. The number of halogens is 6. The van der Waals surface area contributed by atoms with Crippen molar-refractivity contribution < 1.29 is 58.0 Å². The van der Waals surface area contributed by atoms with E-state index in [-0.39, 0.29) is 13.0 Å². The van der Waals surface area contributed by atoms with Gasteiger partial charge >= 0.3 is 28.0 Å². The molecule has 1 aliphatic heterocycles. The van der Waals surface area contributed by atoms with Gasteiger partial charge in [-0.2, -0.15) is 21.6 Å². The highest BCUT2D eigenvalue weighted by Crippen LogP contribution is 2.37. The van der Waals surface area contributed by atoms with Crippen LogP contribution in [-0.2, 0) is 19.6 Å². The van der Waals surface area contributed by atoms with Crippen molar-refractivity contribution in [1.29, 1.82) is 0 Å². The van der Waals surface area contributed by atoms with E-state index in [1.54, 1.807) is 0 Å². The van der Waals surface area contributed by atoms with Gasteiger partial charge in [0.05, 0.1) is 7.11 Å². The molecule has 0 bridgehead atoms. The van der Waals surface area contributed by atoms with Crippen LogP contribution in [0, 0.1) is 0 Å². The second-order valence-corrected chi connectivity index (χ2v) is 7.06. The van der Waals surface area contributed by atoms with Crippen LogP contribution in [0.25, 0.3) is 0 Å². The van der Waals surface area contributed by atoms with Gasteiger partial charge < -0.3 is 18.6 Å². The fraction of sp³-hybridized carbons (Fsp3) is 0.429. The van der Waals surface area contributed by atoms with E-state index in [0.717, 1.165) is 18.1 Å². The maximum atomic E-state index is 12.6. The van der Waals surface area contributed by atoms with Crippen molar-refractivity contribution in [2.24, 2.45) is 0 Å². The van der Waals surface area contributed by atoms with Gasteiger partial charge in [0.1, 0.15) is 6.04 Å². The minimum atomic E-state index is -6.30. The molecule has 0 aromatic heterocycles. The third-order valence-corrected chi connectivity index (χ3v) is 4.62. The van der Waals surface area contributed by atoms with Crippen molar-refractivity contribution in [3.63, 3.8) is 0 Å². The number of hydrogen-bond acceptors (Lipinski definition) is 7. The van der Waals surface area contributed by atoms with E-state index >= 15 is 0 Å². The molecule has 0 aliphatic carbocycles. The monoisotopic (exact) mass is 451 g/mol. The van der Waals surface area contributed by atoms with Crippen molar-refractivity contribution in [1.82, 2.24) is 4.90 Å². The smallest absolute Gasteiger partial charge is 0.467 e. The van der Waals surface area contributed by atoms with Crippen LogP contribution in [0.1, 0.15) is 16.8 Å². The lowest BCUT2D eigenvalue weighted by Gasteiger charge is -2.38. The first-order valence-electron chi connectivity index (χ1n) is 7.45. The molecule has 1 fully saturated rings.